The van der Waals surface area contributed by atoms with E-state index >= 15 is 0 Å². The van der Waals surface area contributed by atoms with E-state index in [1.807, 2.05) is 146 Å². The van der Waals surface area contributed by atoms with Gasteiger partial charge in [0.2, 0.25) is 0 Å². The monoisotopic (exact) mass is 1820 g/mol. The molecule has 0 spiro atoms. The summed E-state index contributed by atoms with van der Waals surface area (Å²) in [6.07, 6.45) is 32.0. The highest BCUT2D eigenvalue weighted by atomic mass is 15.1. The van der Waals surface area contributed by atoms with Crippen molar-refractivity contribution in [3.05, 3.63) is 221 Å². The number of unbranched alkanes of at least 4 members (excludes halogenated alkanes) is 24. The van der Waals surface area contributed by atoms with E-state index in [2.05, 4.69) is 122 Å². The van der Waals surface area contributed by atoms with Crippen LogP contribution < -0.4 is 19.6 Å². The maximum Gasteiger partial charge on any atom is 0.145 e. The van der Waals surface area contributed by atoms with Crippen LogP contribution in [0.5, 0.6) is 0 Å². The predicted octanol–water partition coefficient (Wildman–Crippen LogP) is 26.3. The summed E-state index contributed by atoms with van der Waals surface area (Å²) in [5.74, 6) is 24.1. The van der Waals surface area contributed by atoms with Crippen molar-refractivity contribution in [2.45, 2.75) is 261 Å². The summed E-state index contributed by atoms with van der Waals surface area (Å²) in [6, 6.07) is 61.6. The Kier molecular flexibility index (Phi) is 53.3. The third-order valence-electron chi connectivity index (χ3n) is 23.6. The van der Waals surface area contributed by atoms with E-state index in [0.717, 1.165) is 281 Å². The minimum atomic E-state index is -0.663. The predicted molar refractivity (Wildman–Crippen MR) is 547 cm³/mol. The summed E-state index contributed by atoms with van der Waals surface area (Å²) in [5, 5.41) is 177. The third kappa shape index (κ3) is 34.7. The zero-order chi connectivity index (χ0) is 100. The molecule has 138 heavy (non-hydrogen) atoms. The molecule has 0 radical (unpaired) electrons. The summed E-state index contributed by atoms with van der Waals surface area (Å²) < 4.78 is 0. The SMILES string of the molecule is CCCCCCN(CCCCCC)c1ccc(C(=C(C#N)C#N)C(C#Cc2cc(C#CC(=C(C#N)C#N)C(=C(C#N)C#N)c3ccc(N(CCCCCC)CCCCCC)cc3)c(C#CC(=C(C#N)C#N)C(=C(C#N)C#N)c3ccc(N(CCCCCC)CCCCCC)cc3)cc2C#CC(=C(C#N)C#N)C(=C(C#N)C#N)c2ccc(N(CCCCCC)CCCCCC)cc2)=C(C#N)C#N)cc1. The first-order chi connectivity index (χ1) is 67.5. The van der Waals surface area contributed by atoms with Gasteiger partial charge in [0, 0.05) is 120 Å². The molecule has 0 saturated heterocycles. The Balaban J connectivity index is 2.22. The van der Waals surface area contributed by atoms with Gasteiger partial charge < -0.3 is 19.6 Å². The molecule has 0 saturated carbocycles. The van der Waals surface area contributed by atoms with Gasteiger partial charge in [-0.15, -0.1) is 0 Å². The lowest BCUT2D eigenvalue weighted by atomic mass is 9.89. The quantitative estimate of drug-likeness (QED) is 0.0151. The van der Waals surface area contributed by atoms with Crippen molar-refractivity contribution in [2.75, 3.05) is 72.0 Å². The van der Waals surface area contributed by atoms with Crippen LogP contribution in [0.4, 0.5) is 22.7 Å². The van der Waals surface area contributed by atoms with Gasteiger partial charge in [-0.25, -0.2) is 0 Å². The van der Waals surface area contributed by atoms with Gasteiger partial charge >= 0.3 is 0 Å². The van der Waals surface area contributed by atoms with Crippen LogP contribution in [0.15, 0.2) is 176 Å². The van der Waals surface area contributed by atoms with Crippen molar-refractivity contribution in [3.8, 4) is 144 Å². The maximum absolute atomic E-state index is 11.1. The molecule has 20 nitrogen and oxygen atoms in total. The molecule has 0 N–H and O–H groups in total. The number of nitriles is 16. The average Bonchev–Trinajstić information content (AvgIpc) is 1.20. The Bertz CT molecular complexity index is 5360. The maximum atomic E-state index is 11.1. The lowest BCUT2D eigenvalue weighted by Gasteiger charge is -2.25. The van der Waals surface area contributed by atoms with Crippen LogP contribution >= 0.6 is 0 Å². The molecule has 0 aromatic heterocycles. The second-order valence-electron chi connectivity index (χ2n) is 33.4. The van der Waals surface area contributed by atoms with Gasteiger partial charge in [0.1, 0.15) is 142 Å². The van der Waals surface area contributed by atoms with Crippen molar-refractivity contribution in [3.63, 3.8) is 0 Å². The van der Waals surface area contributed by atoms with Gasteiger partial charge in [0.15, 0.2) is 0 Å². The summed E-state index contributed by atoms with van der Waals surface area (Å²) >= 11 is 0. The van der Waals surface area contributed by atoms with Gasteiger partial charge in [-0.1, -0.05) is 305 Å². The Labute approximate surface area is 822 Å². The molecule has 0 bridgehead atoms. The number of hydrogen-bond acceptors (Lipinski definition) is 20. The fourth-order valence-corrected chi connectivity index (χ4v) is 16.0. The van der Waals surface area contributed by atoms with Crippen LogP contribution in [-0.4, -0.2) is 52.4 Å². The number of anilines is 4. The molecule has 20 heteroatoms. The first-order valence-corrected chi connectivity index (χ1v) is 48.6. The molecule has 5 aromatic carbocycles. The molecule has 0 heterocycles. The Morgan fingerprint density at radius 1 is 0.181 bits per heavy atom. The normalized spacial score (nSPS) is 9.68. The van der Waals surface area contributed by atoms with E-state index in [1.54, 1.807) is 48.5 Å². The van der Waals surface area contributed by atoms with Gasteiger partial charge in [0.05, 0.1) is 22.3 Å². The molecule has 0 fully saturated rings. The number of benzene rings is 5. The highest BCUT2D eigenvalue weighted by Gasteiger charge is 2.26. The molecule has 0 aliphatic rings. The smallest absolute Gasteiger partial charge is 0.145 e. The van der Waals surface area contributed by atoms with E-state index in [1.165, 1.54) is 12.1 Å². The molecule has 0 aliphatic carbocycles. The molecule has 694 valence electrons. The topological polar surface area (TPSA) is 394 Å². The number of hydrogen-bond donors (Lipinski definition) is 0. The summed E-state index contributed by atoms with van der Waals surface area (Å²) in [7, 11) is 0. The van der Waals surface area contributed by atoms with Crippen molar-refractivity contribution in [1.29, 1.82) is 84.2 Å². The molecule has 5 aromatic rings. The first kappa shape index (κ1) is 112. The molecular formula is C118H122N20. The molecule has 0 amide bonds. The number of nitrogens with zero attached hydrogens (tertiary/aromatic N) is 20. The largest absolute Gasteiger partial charge is 0.372 e. The highest BCUT2D eigenvalue weighted by Crippen LogP contribution is 2.38. The lowest BCUT2D eigenvalue weighted by Crippen LogP contribution is -2.25. The molecular weight excluding hydrogens is 1700 g/mol. The van der Waals surface area contributed by atoms with E-state index < -0.39 is 66.9 Å². The second kappa shape index (κ2) is 65.8. The van der Waals surface area contributed by atoms with Crippen molar-refractivity contribution in [2.24, 2.45) is 0 Å². The number of allylic oxidation sites excluding steroid dienone is 16. The van der Waals surface area contributed by atoms with Crippen LogP contribution in [0.3, 0.4) is 0 Å². The van der Waals surface area contributed by atoms with E-state index in [-0.39, 0.29) is 66.8 Å². The third-order valence-corrected chi connectivity index (χ3v) is 23.6. The molecule has 5 rings (SSSR count). The highest BCUT2D eigenvalue weighted by molar-refractivity contribution is 5.97. The zero-order valence-electron chi connectivity index (χ0n) is 81.6. The van der Waals surface area contributed by atoms with Gasteiger partial charge in [-0.05, 0) is 134 Å². The summed E-state index contributed by atoms with van der Waals surface area (Å²) in [5.41, 5.74) is -4.24. The standard InChI is InChI=1S/C118H122N20/c1-9-17-25-33-65-135(66-34-26-18-10-2)107-53-41-91(42-54-107)115(103(83-127)84-128)111(99(75-119)76-120)61-49-95-73-97(51-63-113(101(79-123)80-124)117(105(87-131)88-132)93-45-57-109(58-46-93)137(69-37-29-21-13-5)70-38-30-22-14-6)98(52-64-114(102(81-125)82-126)118(106(89-133)90-134)94-47-59-110(60-48-94)138(71-39-31-23-15-7)72-40-32-24-16-8)74-96(95)50-62-112(100(77-121)78-122)116(104(85-129)86-130)92-43-55-108(56-44-92)136(67-35-27-19-11-3)68-36-28-20-12-4/h41-48,53-60,73-74H,9-40,65-72H2,1-8H3. The van der Waals surface area contributed by atoms with Crippen LogP contribution in [0, 0.1) is 229 Å². The van der Waals surface area contributed by atoms with E-state index in [9.17, 15) is 84.2 Å². The van der Waals surface area contributed by atoms with Crippen molar-refractivity contribution >= 4 is 45.0 Å². The first-order valence-electron chi connectivity index (χ1n) is 48.6. The van der Waals surface area contributed by atoms with Crippen LogP contribution in [-0.2, 0) is 0 Å². The zero-order valence-corrected chi connectivity index (χ0v) is 81.6. The van der Waals surface area contributed by atoms with Gasteiger partial charge in [-0.3, -0.25) is 0 Å². The van der Waals surface area contributed by atoms with Crippen molar-refractivity contribution in [1.82, 2.24) is 0 Å². The molecule has 0 unspecified atom stereocenters. The fraction of sp³-hybridized carbons (Fsp3) is 0.407. The Morgan fingerprint density at radius 2 is 0.319 bits per heavy atom. The van der Waals surface area contributed by atoms with Crippen LogP contribution in [0.2, 0.25) is 0 Å². The van der Waals surface area contributed by atoms with Crippen LogP contribution in [0.1, 0.15) is 305 Å². The number of rotatable bonds is 52. The van der Waals surface area contributed by atoms with Gasteiger partial charge in [-0.2, -0.15) is 84.2 Å². The van der Waals surface area contributed by atoms with E-state index in [0.29, 0.717) is 0 Å². The fourth-order valence-electron chi connectivity index (χ4n) is 16.0. The summed E-state index contributed by atoms with van der Waals surface area (Å²) in [6.45, 7) is 23.0. The minimum absolute atomic E-state index is 0.203. The van der Waals surface area contributed by atoms with Crippen LogP contribution in [0.25, 0.3) is 22.3 Å². The lowest BCUT2D eigenvalue weighted by molar-refractivity contribution is 0.609. The second-order valence-corrected chi connectivity index (χ2v) is 33.4. The minimum Gasteiger partial charge on any atom is -0.372 e. The van der Waals surface area contributed by atoms with E-state index in [4.69, 9.17) is 0 Å². The van der Waals surface area contributed by atoms with Gasteiger partial charge in [0.25, 0.3) is 0 Å². The molecule has 0 aliphatic heterocycles. The molecule has 0 atom stereocenters. The average molecular weight is 1820 g/mol. The Morgan fingerprint density at radius 3 is 0.442 bits per heavy atom. The van der Waals surface area contributed by atoms with Crippen molar-refractivity contribution < 1.29 is 0 Å². The summed E-state index contributed by atoms with van der Waals surface area (Å²) in [4.78, 5) is 9.10. The Hall–Kier alpha value is -16.7.